The van der Waals surface area contributed by atoms with Crippen LogP contribution in [-0.2, 0) is 0 Å². The maximum absolute atomic E-state index is 5.16. The molecular formula is C11H15NO. The van der Waals surface area contributed by atoms with Gasteiger partial charge in [0.2, 0.25) is 0 Å². The van der Waals surface area contributed by atoms with Gasteiger partial charge in [-0.1, -0.05) is 6.58 Å². The zero-order valence-corrected chi connectivity index (χ0v) is 8.35. The van der Waals surface area contributed by atoms with Crippen LogP contribution in [-0.4, -0.2) is 14.2 Å². The summed E-state index contributed by atoms with van der Waals surface area (Å²) in [6.45, 7) is 5.91. The highest BCUT2D eigenvalue weighted by Crippen LogP contribution is 2.20. The second-order valence-electron chi connectivity index (χ2n) is 2.91. The van der Waals surface area contributed by atoms with E-state index in [2.05, 4.69) is 18.0 Å². The van der Waals surface area contributed by atoms with Crippen LogP contribution in [0.2, 0.25) is 0 Å². The van der Waals surface area contributed by atoms with E-state index in [-0.39, 0.29) is 0 Å². The van der Waals surface area contributed by atoms with Gasteiger partial charge in [-0.3, -0.25) is 0 Å². The fraction of sp³-hybridized carbons (Fsp3) is 0.273. The minimum atomic E-state index is 0.910. The topological polar surface area (TPSA) is 21.3 Å². The Morgan fingerprint density at radius 3 is 2.62 bits per heavy atom. The van der Waals surface area contributed by atoms with E-state index in [0.29, 0.717) is 0 Å². The Morgan fingerprint density at radius 1 is 1.46 bits per heavy atom. The number of nitrogens with one attached hydrogen (secondary N) is 1. The Morgan fingerprint density at radius 2 is 2.15 bits per heavy atom. The number of hydrogen-bond donors (Lipinski definition) is 1. The monoisotopic (exact) mass is 177 g/mol. The molecule has 2 heteroatoms. The highest BCUT2D eigenvalue weighted by atomic mass is 16.5. The van der Waals surface area contributed by atoms with Crippen molar-refractivity contribution in [3.63, 3.8) is 0 Å². The zero-order chi connectivity index (χ0) is 9.84. The summed E-state index contributed by atoms with van der Waals surface area (Å²) in [6, 6.07) is 6.00. The van der Waals surface area contributed by atoms with Crippen molar-refractivity contribution in [2.45, 2.75) is 6.92 Å². The van der Waals surface area contributed by atoms with Crippen LogP contribution in [0.1, 0.15) is 11.1 Å². The molecule has 0 fully saturated rings. The molecule has 0 amide bonds. The Kier molecular flexibility index (Phi) is 2.96. The molecule has 0 spiro atoms. The lowest BCUT2D eigenvalue weighted by Gasteiger charge is -2.08. The molecule has 1 aromatic carbocycles. The third-order valence-corrected chi connectivity index (χ3v) is 2.05. The van der Waals surface area contributed by atoms with E-state index in [1.54, 1.807) is 7.11 Å². The van der Waals surface area contributed by atoms with Gasteiger partial charge in [0.15, 0.2) is 0 Å². The van der Waals surface area contributed by atoms with E-state index in [1.807, 2.05) is 26.1 Å². The molecule has 0 aromatic heterocycles. The van der Waals surface area contributed by atoms with Gasteiger partial charge in [-0.15, -0.1) is 0 Å². The molecule has 70 valence electrons. The molecule has 0 saturated carbocycles. The molecule has 0 unspecified atom stereocenters. The molecule has 13 heavy (non-hydrogen) atoms. The van der Waals surface area contributed by atoms with Crippen molar-refractivity contribution in [1.82, 2.24) is 5.32 Å². The summed E-state index contributed by atoms with van der Waals surface area (Å²) in [7, 11) is 3.54. The smallest absolute Gasteiger partial charge is 0.121 e. The fourth-order valence-electron chi connectivity index (χ4n) is 1.21. The summed E-state index contributed by atoms with van der Waals surface area (Å²) in [6.07, 6.45) is 0. The highest BCUT2D eigenvalue weighted by Gasteiger charge is 2.00. The molecule has 2 nitrogen and oxygen atoms in total. The molecule has 0 atom stereocenters. The van der Waals surface area contributed by atoms with Crippen molar-refractivity contribution in [3.8, 4) is 5.75 Å². The first kappa shape index (κ1) is 9.65. The lowest BCUT2D eigenvalue weighted by atomic mass is 10.1. The van der Waals surface area contributed by atoms with Gasteiger partial charge in [0.05, 0.1) is 7.11 Å². The molecule has 1 aromatic rings. The van der Waals surface area contributed by atoms with Crippen molar-refractivity contribution in [1.29, 1.82) is 0 Å². The van der Waals surface area contributed by atoms with Gasteiger partial charge in [-0.25, -0.2) is 0 Å². The molecule has 0 radical (unpaired) electrons. The van der Waals surface area contributed by atoms with Gasteiger partial charge in [-0.2, -0.15) is 0 Å². The van der Waals surface area contributed by atoms with Gasteiger partial charge < -0.3 is 10.1 Å². The van der Waals surface area contributed by atoms with Crippen molar-refractivity contribution < 1.29 is 4.74 Å². The molecule has 1 rings (SSSR count). The van der Waals surface area contributed by atoms with E-state index in [0.717, 1.165) is 22.6 Å². The second-order valence-corrected chi connectivity index (χ2v) is 2.91. The summed E-state index contributed by atoms with van der Waals surface area (Å²) in [4.78, 5) is 0. The summed E-state index contributed by atoms with van der Waals surface area (Å²) >= 11 is 0. The van der Waals surface area contributed by atoms with E-state index in [9.17, 15) is 0 Å². The van der Waals surface area contributed by atoms with Crippen LogP contribution in [0.5, 0.6) is 5.75 Å². The van der Waals surface area contributed by atoms with Gasteiger partial charge >= 0.3 is 0 Å². The van der Waals surface area contributed by atoms with Crippen LogP contribution >= 0.6 is 0 Å². The number of hydrogen-bond acceptors (Lipinski definition) is 2. The molecular weight excluding hydrogens is 162 g/mol. The first-order valence-corrected chi connectivity index (χ1v) is 4.20. The number of aryl methyl sites for hydroxylation is 1. The third kappa shape index (κ3) is 2.02. The third-order valence-electron chi connectivity index (χ3n) is 2.05. The second kappa shape index (κ2) is 3.99. The predicted octanol–water partition coefficient (Wildman–Crippen LogP) is 2.19. The SMILES string of the molecule is C=C(NC)c1ccc(OC)c(C)c1. The minimum Gasteiger partial charge on any atom is -0.496 e. The van der Waals surface area contributed by atoms with Crippen LogP contribution in [0.25, 0.3) is 5.70 Å². The molecule has 0 aliphatic heterocycles. The number of rotatable bonds is 3. The highest BCUT2D eigenvalue weighted by molar-refractivity contribution is 5.63. The van der Waals surface area contributed by atoms with Crippen molar-refractivity contribution in [3.05, 3.63) is 35.9 Å². The van der Waals surface area contributed by atoms with Crippen LogP contribution in [0, 0.1) is 6.92 Å². The van der Waals surface area contributed by atoms with E-state index < -0.39 is 0 Å². The van der Waals surface area contributed by atoms with Gasteiger partial charge in [-0.05, 0) is 36.2 Å². The maximum atomic E-state index is 5.16. The van der Waals surface area contributed by atoms with Gasteiger partial charge in [0.25, 0.3) is 0 Å². The predicted molar refractivity (Wildman–Crippen MR) is 55.8 cm³/mol. The first-order valence-electron chi connectivity index (χ1n) is 4.20. The van der Waals surface area contributed by atoms with E-state index >= 15 is 0 Å². The van der Waals surface area contributed by atoms with Crippen LogP contribution < -0.4 is 10.1 Å². The average Bonchev–Trinajstić information content (AvgIpc) is 2.16. The quantitative estimate of drug-likeness (QED) is 0.764. The van der Waals surface area contributed by atoms with E-state index in [1.165, 1.54) is 0 Å². The summed E-state index contributed by atoms with van der Waals surface area (Å²) in [5.41, 5.74) is 3.14. The fourth-order valence-corrected chi connectivity index (χ4v) is 1.21. The lowest BCUT2D eigenvalue weighted by molar-refractivity contribution is 0.411. The minimum absolute atomic E-state index is 0.910. The Bertz CT molecular complexity index is 318. The molecule has 0 heterocycles. The molecule has 1 N–H and O–H groups in total. The van der Waals surface area contributed by atoms with Gasteiger partial charge in [0.1, 0.15) is 5.75 Å². The number of benzene rings is 1. The van der Waals surface area contributed by atoms with Crippen LogP contribution in [0.15, 0.2) is 24.8 Å². The lowest BCUT2D eigenvalue weighted by Crippen LogP contribution is -2.03. The van der Waals surface area contributed by atoms with Crippen LogP contribution in [0.3, 0.4) is 0 Å². The first-order chi connectivity index (χ1) is 6.19. The van der Waals surface area contributed by atoms with Crippen molar-refractivity contribution in [2.24, 2.45) is 0 Å². The molecule has 0 aliphatic rings. The zero-order valence-electron chi connectivity index (χ0n) is 8.35. The van der Waals surface area contributed by atoms with Crippen LogP contribution in [0.4, 0.5) is 0 Å². The summed E-state index contributed by atoms with van der Waals surface area (Å²) < 4.78 is 5.16. The normalized spacial score (nSPS) is 9.46. The van der Waals surface area contributed by atoms with Crippen molar-refractivity contribution >= 4 is 5.70 Å². The Hall–Kier alpha value is -1.44. The Labute approximate surface area is 79.2 Å². The summed E-state index contributed by atoms with van der Waals surface area (Å²) in [5.74, 6) is 0.910. The van der Waals surface area contributed by atoms with E-state index in [4.69, 9.17) is 4.74 Å². The number of methoxy groups -OCH3 is 1. The number of ether oxygens (including phenoxy) is 1. The molecule has 0 saturated heterocycles. The summed E-state index contributed by atoms with van der Waals surface area (Å²) in [5, 5.41) is 3.01. The van der Waals surface area contributed by atoms with Crippen molar-refractivity contribution in [2.75, 3.05) is 14.2 Å². The average molecular weight is 177 g/mol. The largest absolute Gasteiger partial charge is 0.496 e. The Balaban J connectivity index is 3.02. The maximum Gasteiger partial charge on any atom is 0.121 e. The molecule has 0 bridgehead atoms. The standard InChI is InChI=1S/C11H15NO/c1-8-7-10(9(2)12-3)5-6-11(8)13-4/h5-7,12H,2H2,1,3-4H3. The van der Waals surface area contributed by atoms with Gasteiger partial charge in [0, 0.05) is 12.7 Å². The molecule has 0 aliphatic carbocycles.